The van der Waals surface area contributed by atoms with Gasteiger partial charge in [0.1, 0.15) is 11.3 Å². The molecule has 1 aliphatic carbocycles. The van der Waals surface area contributed by atoms with Crippen LogP contribution >= 0.6 is 0 Å². The van der Waals surface area contributed by atoms with E-state index in [1.807, 2.05) is 25.2 Å². The third-order valence-corrected chi connectivity index (χ3v) is 12.4. The smallest absolute Gasteiger partial charge is 0.137 e. The van der Waals surface area contributed by atoms with E-state index in [4.69, 9.17) is 4.42 Å². The molecule has 0 saturated heterocycles. The Morgan fingerprint density at radius 2 is 1.24 bits per heavy atom. The lowest BCUT2D eigenvalue weighted by Crippen LogP contribution is -2.30. The minimum absolute atomic E-state index is 0.0276. The second kappa shape index (κ2) is 14.9. The molecule has 0 unspecified atom stereocenters. The highest BCUT2D eigenvalue weighted by Crippen LogP contribution is 2.47. The summed E-state index contributed by atoms with van der Waals surface area (Å²) < 4.78 is 8.83. The Morgan fingerprint density at radius 3 is 1.97 bits per heavy atom. The van der Waals surface area contributed by atoms with Gasteiger partial charge >= 0.3 is 0 Å². The molecule has 0 atom stereocenters. The summed E-state index contributed by atoms with van der Waals surface area (Å²) in [6.07, 6.45) is 12.1. The van der Waals surface area contributed by atoms with E-state index in [1.165, 1.54) is 70.6 Å². The molecule has 7 aromatic carbocycles. The molecule has 2 heterocycles. The van der Waals surface area contributed by atoms with E-state index in [0.29, 0.717) is 0 Å². The van der Waals surface area contributed by atoms with E-state index < -0.39 is 0 Å². The van der Waals surface area contributed by atoms with Gasteiger partial charge in [-0.3, -0.25) is 0 Å². The van der Waals surface area contributed by atoms with Crippen LogP contribution in [0.25, 0.3) is 61.7 Å². The zero-order chi connectivity index (χ0) is 39.1. The first kappa shape index (κ1) is 35.6. The molecular weight excluding hydrogens is 705 g/mol. The molecule has 0 amide bonds. The third-order valence-electron chi connectivity index (χ3n) is 12.4. The van der Waals surface area contributed by atoms with Gasteiger partial charge in [-0.1, -0.05) is 147 Å². The first-order valence-corrected chi connectivity index (χ1v) is 20.6. The number of furan rings is 1. The van der Waals surface area contributed by atoms with Gasteiger partial charge < -0.3 is 13.9 Å². The number of allylic oxidation sites excluding steroid dienone is 1. The third kappa shape index (κ3) is 5.97. The average molecular weight is 751 g/mol. The molecule has 1 fully saturated rings. The highest BCUT2D eigenvalue weighted by molar-refractivity contribution is 6.10. The van der Waals surface area contributed by atoms with E-state index >= 15 is 0 Å². The molecule has 0 N–H and O–H groups in total. The molecule has 3 nitrogen and oxygen atoms in total. The van der Waals surface area contributed by atoms with Crippen LogP contribution in [0, 0.1) is 0 Å². The van der Waals surface area contributed by atoms with Crippen LogP contribution in [0.4, 0.5) is 17.1 Å². The van der Waals surface area contributed by atoms with Crippen LogP contribution in [0.1, 0.15) is 61.5 Å². The van der Waals surface area contributed by atoms with Gasteiger partial charge in [-0.25, -0.2) is 0 Å². The number of para-hydroxylation sites is 2. The van der Waals surface area contributed by atoms with Crippen molar-refractivity contribution in [3.05, 3.63) is 205 Å². The van der Waals surface area contributed by atoms with E-state index in [2.05, 4.69) is 186 Å². The van der Waals surface area contributed by atoms with Gasteiger partial charge in [0, 0.05) is 38.8 Å². The fourth-order valence-corrected chi connectivity index (χ4v) is 9.66. The molecule has 282 valence electrons. The fraction of sp³-hybridized carbons (Fsp3) is 0.127. The maximum Gasteiger partial charge on any atom is 0.137 e. The van der Waals surface area contributed by atoms with Crippen LogP contribution in [0.5, 0.6) is 0 Å². The highest BCUT2D eigenvalue weighted by atomic mass is 16.3. The first-order valence-electron chi connectivity index (χ1n) is 20.6. The van der Waals surface area contributed by atoms with Crippen molar-refractivity contribution in [2.75, 3.05) is 4.90 Å². The lowest BCUT2D eigenvalue weighted by Gasteiger charge is -2.39. The summed E-state index contributed by atoms with van der Waals surface area (Å²) in [6.45, 7) is 6.25. The summed E-state index contributed by atoms with van der Waals surface area (Å²) in [5, 5.41) is 3.55. The number of hydrogen-bond donors (Lipinski definition) is 0. The topological polar surface area (TPSA) is 21.3 Å². The van der Waals surface area contributed by atoms with E-state index in [9.17, 15) is 0 Å². The van der Waals surface area contributed by atoms with Gasteiger partial charge in [0.15, 0.2) is 0 Å². The Bertz CT molecular complexity index is 2920. The van der Waals surface area contributed by atoms with Crippen molar-refractivity contribution in [3.8, 4) is 16.8 Å². The summed E-state index contributed by atoms with van der Waals surface area (Å²) >= 11 is 0. The number of fused-ring (bicyclic) bond motifs is 4. The van der Waals surface area contributed by atoms with Crippen molar-refractivity contribution >= 4 is 62.0 Å². The van der Waals surface area contributed by atoms with Crippen LogP contribution in [-0.2, 0) is 5.41 Å². The molecule has 0 radical (unpaired) electrons. The molecule has 9 aromatic rings. The second-order valence-electron chi connectivity index (χ2n) is 15.6. The molecule has 1 aliphatic rings. The Morgan fingerprint density at radius 1 is 0.603 bits per heavy atom. The van der Waals surface area contributed by atoms with Gasteiger partial charge in [-0.2, -0.15) is 0 Å². The van der Waals surface area contributed by atoms with E-state index in [0.717, 1.165) is 50.6 Å². The quantitative estimate of drug-likeness (QED) is 0.146. The van der Waals surface area contributed by atoms with E-state index in [1.54, 1.807) is 0 Å². The largest absolute Gasteiger partial charge is 0.456 e. The maximum atomic E-state index is 6.44. The molecule has 0 bridgehead atoms. The van der Waals surface area contributed by atoms with Gasteiger partial charge in [0.05, 0.1) is 22.1 Å². The zero-order valence-corrected chi connectivity index (χ0v) is 32.9. The summed E-state index contributed by atoms with van der Waals surface area (Å²) in [6, 6.07) is 62.2. The van der Waals surface area contributed by atoms with Crippen LogP contribution in [0.2, 0.25) is 0 Å². The van der Waals surface area contributed by atoms with Crippen molar-refractivity contribution in [1.82, 2.24) is 4.57 Å². The normalized spacial score (nSPS) is 14.1. The summed E-state index contributed by atoms with van der Waals surface area (Å²) in [7, 11) is 0. The van der Waals surface area contributed by atoms with Crippen LogP contribution in [0.15, 0.2) is 187 Å². The Balaban J connectivity index is 1.10. The molecule has 3 heteroatoms. The van der Waals surface area contributed by atoms with Crippen molar-refractivity contribution in [2.24, 2.45) is 0 Å². The maximum absolute atomic E-state index is 6.44. The van der Waals surface area contributed by atoms with Crippen molar-refractivity contribution < 1.29 is 4.42 Å². The molecule has 58 heavy (non-hydrogen) atoms. The lowest BCUT2D eigenvalue weighted by atomic mass is 9.65. The van der Waals surface area contributed by atoms with E-state index in [-0.39, 0.29) is 5.41 Å². The lowest BCUT2D eigenvalue weighted by molar-refractivity contribution is 0.346. The van der Waals surface area contributed by atoms with Crippen LogP contribution in [0.3, 0.4) is 0 Å². The molecule has 1 saturated carbocycles. The van der Waals surface area contributed by atoms with Crippen molar-refractivity contribution in [2.45, 2.75) is 44.4 Å². The van der Waals surface area contributed by atoms with Crippen LogP contribution in [-0.4, -0.2) is 4.57 Å². The number of benzene rings is 7. The zero-order valence-electron chi connectivity index (χ0n) is 32.9. The molecule has 0 spiro atoms. The van der Waals surface area contributed by atoms with Crippen LogP contribution < -0.4 is 4.90 Å². The number of anilines is 3. The number of aromatic nitrogens is 1. The van der Waals surface area contributed by atoms with Crippen molar-refractivity contribution in [1.29, 1.82) is 0 Å². The number of nitrogens with zero attached hydrogens (tertiary/aromatic N) is 2. The molecule has 10 rings (SSSR count). The molecular formula is C55H46N2O. The summed E-state index contributed by atoms with van der Waals surface area (Å²) in [5.41, 5.74) is 13.8. The minimum atomic E-state index is 0.0276. The summed E-state index contributed by atoms with van der Waals surface area (Å²) in [4.78, 5) is 2.38. The number of rotatable bonds is 9. The predicted molar refractivity (Wildman–Crippen MR) is 246 cm³/mol. The Hall–Kier alpha value is -6.84. The number of hydrogen-bond acceptors (Lipinski definition) is 2. The standard InChI is InChI=1S/C55H46N2O/c1-3-17-52-46(4-2)54-50(24-16-25-53(54)58-52)56(45-33-29-42(30-34-45)55(36-14-7-15-37-55)41-18-8-5-9-19-41)44-31-26-39(27-32-44)40-28-35-48-47-22-12-13-23-49(47)57(51(48)38-40)43-20-10-6-11-21-43/h3-6,8-13,16-35,38H,2,7,14-15,36-37H2,1H3/b17-3-. The molecule has 2 aromatic heterocycles. The SMILES string of the molecule is C=Cc1c(/C=C\C)oc2cccc(N(c3ccc(-c4ccc5c6ccccc6n(-c6ccccc6)c5c4)cc3)c3ccc(C4(c5ccccc5)CCCCC4)cc3)c12. The highest BCUT2D eigenvalue weighted by Gasteiger charge is 2.35. The predicted octanol–water partition coefficient (Wildman–Crippen LogP) is 15.6. The van der Waals surface area contributed by atoms with Gasteiger partial charge in [-0.05, 0) is 109 Å². The monoisotopic (exact) mass is 750 g/mol. The van der Waals surface area contributed by atoms with Gasteiger partial charge in [0.25, 0.3) is 0 Å². The first-order chi connectivity index (χ1) is 28.7. The Labute approximate surface area is 340 Å². The molecule has 0 aliphatic heterocycles. The van der Waals surface area contributed by atoms with Gasteiger partial charge in [0.2, 0.25) is 0 Å². The van der Waals surface area contributed by atoms with Gasteiger partial charge in [-0.15, -0.1) is 0 Å². The second-order valence-corrected chi connectivity index (χ2v) is 15.6. The Kier molecular flexibility index (Phi) is 9.14. The summed E-state index contributed by atoms with van der Waals surface area (Å²) in [5.74, 6) is 0.816. The average Bonchev–Trinajstić information content (AvgIpc) is 3.83. The van der Waals surface area contributed by atoms with Crippen molar-refractivity contribution in [3.63, 3.8) is 0 Å². The minimum Gasteiger partial charge on any atom is -0.456 e. The fourth-order valence-electron chi connectivity index (χ4n) is 9.66.